The lowest BCUT2D eigenvalue weighted by Crippen LogP contribution is -2.02. The van der Waals surface area contributed by atoms with Gasteiger partial charge in [-0.25, -0.2) is 0 Å². The molecule has 2 nitrogen and oxygen atoms in total. The van der Waals surface area contributed by atoms with Gasteiger partial charge in [0.15, 0.2) is 0 Å². The molecule has 0 unspecified atom stereocenters. The normalized spacial score (nSPS) is 11.5. The molecule has 1 aromatic rings. The highest BCUT2D eigenvalue weighted by atomic mass is 35.5. The summed E-state index contributed by atoms with van der Waals surface area (Å²) in [5.41, 5.74) is 7.94. The lowest BCUT2D eigenvalue weighted by atomic mass is 10.1. The Hall–Kier alpha value is -0.700. The highest BCUT2D eigenvalue weighted by molar-refractivity contribution is 6.36. The standard InChI is InChI=1S/C11H13Cl2NO/c12-7-10(13)8-15-11-3-1-9(2-4-11)5-6-14/h1-4,7H,5-6,8,14H2/b10-7-. The van der Waals surface area contributed by atoms with Crippen molar-refractivity contribution in [2.24, 2.45) is 5.73 Å². The van der Waals surface area contributed by atoms with Crippen LogP contribution in [0.4, 0.5) is 0 Å². The van der Waals surface area contributed by atoms with Crippen LogP contribution >= 0.6 is 23.2 Å². The van der Waals surface area contributed by atoms with E-state index in [2.05, 4.69) is 0 Å². The summed E-state index contributed by atoms with van der Waals surface area (Å²) < 4.78 is 5.38. The first kappa shape index (κ1) is 12.4. The number of rotatable bonds is 5. The molecule has 0 atom stereocenters. The average Bonchev–Trinajstić information content (AvgIpc) is 2.28. The zero-order valence-corrected chi connectivity index (χ0v) is 9.76. The van der Waals surface area contributed by atoms with E-state index in [9.17, 15) is 0 Å². The van der Waals surface area contributed by atoms with Crippen molar-refractivity contribution >= 4 is 23.2 Å². The maximum Gasteiger partial charge on any atom is 0.125 e. The van der Waals surface area contributed by atoms with E-state index in [1.54, 1.807) is 0 Å². The van der Waals surface area contributed by atoms with Gasteiger partial charge in [0.2, 0.25) is 0 Å². The maximum atomic E-state index is 5.68. The van der Waals surface area contributed by atoms with Crippen molar-refractivity contribution in [3.8, 4) is 5.75 Å². The second kappa shape index (κ2) is 6.72. The highest BCUT2D eigenvalue weighted by Gasteiger charge is 1.96. The molecule has 0 saturated carbocycles. The number of benzene rings is 1. The minimum atomic E-state index is 0.293. The van der Waals surface area contributed by atoms with Gasteiger partial charge < -0.3 is 10.5 Å². The number of ether oxygens (including phenoxy) is 1. The molecule has 0 spiro atoms. The molecule has 0 heterocycles. The zero-order valence-electron chi connectivity index (χ0n) is 8.25. The van der Waals surface area contributed by atoms with E-state index in [0.29, 0.717) is 18.2 Å². The molecule has 0 aliphatic rings. The molecule has 0 fully saturated rings. The lowest BCUT2D eigenvalue weighted by Gasteiger charge is -2.05. The second-order valence-corrected chi connectivity index (χ2v) is 3.73. The van der Waals surface area contributed by atoms with Crippen LogP contribution in [-0.2, 0) is 6.42 Å². The molecule has 0 radical (unpaired) electrons. The molecule has 0 aliphatic heterocycles. The fourth-order valence-corrected chi connectivity index (χ4v) is 1.22. The van der Waals surface area contributed by atoms with Crippen molar-refractivity contribution in [3.05, 3.63) is 40.4 Å². The Balaban J connectivity index is 2.49. The van der Waals surface area contributed by atoms with Crippen molar-refractivity contribution in [2.45, 2.75) is 6.42 Å². The molecule has 4 heteroatoms. The van der Waals surface area contributed by atoms with Crippen LogP contribution in [0.25, 0.3) is 0 Å². The number of halogens is 2. The lowest BCUT2D eigenvalue weighted by molar-refractivity contribution is 0.359. The third-order valence-corrected chi connectivity index (χ3v) is 2.44. The molecular weight excluding hydrogens is 233 g/mol. The third-order valence-electron chi connectivity index (χ3n) is 1.85. The largest absolute Gasteiger partial charge is 0.488 e. The molecule has 0 amide bonds. The molecule has 0 bridgehead atoms. The van der Waals surface area contributed by atoms with E-state index >= 15 is 0 Å². The Kier molecular flexibility index (Phi) is 5.54. The first-order valence-corrected chi connectivity index (χ1v) is 5.44. The van der Waals surface area contributed by atoms with E-state index in [0.717, 1.165) is 12.2 Å². The van der Waals surface area contributed by atoms with Crippen molar-refractivity contribution in [1.29, 1.82) is 0 Å². The molecule has 0 aliphatic carbocycles. The molecule has 1 rings (SSSR count). The van der Waals surface area contributed by atoms with Gasteiger partial charge in [-0.1, -0.05) is 35.3 Å². The minimum Gasteiger partial charge on any atom is -0.488 e. The van der Waals surface area contributed by atoms with Crippen LogP contribution in [0.3, 0.4) is 0 Å². The quantitative estimate of drug-likeness (QED) is 0.866. The van der Waals surface area contributed by atoms with Crippen LogP contribution in [-0.4, -0.2) is 13.2 Å². The molecule has 2 N–H and O–H groups in total. The van der Waals surface area contributed by atoms with Gasteiger partial charge in [0.25, 0.3) is 0 Å². The Morgan fingerprint density at radius 2 is 2.00 bits per heavy atom. The van der Waals surface area contributed by atoms with Gasteiger partial charge in [0.1, 0.15) is 12.4 Å². The van der Waals surface area contributed by atoms with Gasteiger partial charge in [-0.2, -0.15) is 0 Å². The van der Waals surface area contributed by atoms with E-state index in [-0.39, 0.29) is 0 Å². The summed E-state index contributed by atoms with van der Waals surface area (Å²) in [6.07, 6.45) is 0.878. The molecule has 15 heavy (non-hydrogen) atoms. The monoisotopic (exact) mass is 245 g/mol. The third kappa shape index (κ3) is 4.56. The van der Waals surface area contributed by atoms with E-state index < -0.39 is 0 Å². The first-order valence-electron chi connectivity index (χ1n) is 4.63. The summed E-state index contributed by atoms with van der Waals surface area (Å²) in [7, 11) is 0. The maximum absolute atomic E-state index is 5.68. The molecular formula is C11H13Cl2NO. The number of hydrogen-bond donors (Lipinski definition) is 1. The predicted octanol–water partition coefficient (Wildman–Crippen LogP) is 2.89. The Morgan fingerprint density at radius 3 is 2.53 bits per heavy atom. The van der Waals surface area contributed by atoms with E-state index in [4.69, 9.17) is 33.7 Å². The van der Waals surface area contributed by atoms with Crippen molar-refractivity contribution in [1.82, 2.24) is 0 Å². The van der Waals surface area contributed by atoms with E-state index in [1.807, 2.05) is 24.3 Å². The summed E-state index contributed by atoms with van der Waals surface area (Å²) >= 11 is 11.1. The first-order chi connectivity index (χ1) is 7.26. The number of nitrogens with two attached hydrogens (primary N) is 1. The summed E-state index contributed by atoms with van der Waals surface area (Å²) in [4.78, 5) is 0. The Bertz CT molecular complexity index is 322. The summed E-state index contributed by atoms with van der Waals surface area (Å²) in [6.45, 7) is 0.947. The number of hydrogen-bond acceptors (Lipinski definition) is 2. The highest BCUT2D eigenvalue weighted by Crippen LogP contribution is 2.14. The molecule has 0 aromatic heterocycles. The van der Waals surface area contributed by atoms with Crippen LogP contribution < -0.4 is 10.5 Å². The van der Waals surface area contributed by atoms with Crippen LogP contribution in [0, 0.1) is 0 Å². The smallest absolute Gasteiger partial charge is 0.125 e. The van der Waals surface area contributed by atoms with Crippen LogP contribution in [0.2, 0.25) is 0 Å². The SMILES string of the molecule is NCCc1ccc(OC/C(Cl)=C/Cl)cc1. The summed E-state index contributed by atoms with van der Waals surface area (Å²) in [5, 5.41) is 0.475. The van der Waals surface area contributed by atoms with Crippen molar-refractivity contribution in [2.75, 3.05) is 13.2 Å². The van der Waals surface area contributed by atoms with Gasteiger partial charge in [-0.15, -0.1) is 0 Å². The van der Waals surface area contributed by atoms with Gasteiger partial charge in [-0.3, -0.25) is 0 Å². The average molecular weight is 246 g/mol. The zero-order chi connectivity index (χ0) is 11.1. The van der Waals surface area contributed by atoms with Gasteiger partial charge in [0, 0.05) is 5.54 Å². The van der Waals surface area contributed by atoms with Gasteiger partial charge in [0.05, 0.1) is 5.03 Å². The van der Waals surface area contributed by atoms with Crippen LogP contribution in [0.1, 0.15) is 5.56 Å². The summed E-state index contributed by atoms with van der Waals surface area (Å²) in [5.74, 6) is 0.771. The Labute approximate surface area is 99.6 Å². The van der Waals surface area contributed by atoms with Crippen molar-refractivity contribution in [3.63, 3.8) is 0 Å². The fourth-order valence-electron chi connectivity index (χ4n) is 1.10. The fraction of sp³-hybridized carbons (Fsp3) is 0.273. The van der Waals surface area contributed by atoms with Crippen LogP contribution in [0.5, 0.6) is 5.75 Å². The second-order valence-electron chi connectivity index (χ2n) is 3.03. The van der Waals surface area contributed by atoms with Crippen molar-refractivity contribution < 1.29 is 4.74 Å². The molecule has 82 valence electrons. The Morgan fingerprint density at radius 1 is 1.33 bits per heavy atom. The summed E-state index contributed by atoms with van der Waals surface area (Å²) in [6, 6.07) is 7.76. The van der Waals surface area contributed by atoms with Crippen LogP contribution in [0.15, 0.2) is 34.8 Å². The topological polar surface area (TPSA) is 35.2 Å². The minimum absolute atomic E-state index is 0.293. The van der Waals surface area contributed by atoms with E-state index in [1.165, 1.54) is 11.1 Å². The molecule has 1 aromatic carbocycles. The molecule has 0 saturated heterocycles. The predicted molar refractivity (Wildman–Crippen MR) is 64.5 cm³/mol. The van der Waals surface area contributed by atoms with Gasteiger partial charge >= 0.3 is 0 Å². The van der Waals surface area contributed by atoms with Gasteiger partial charge in [-0.05, 0) is 30.7 Å².